The van der Waals surface area contributed by atoms with Gasteiger partial charge in [-0.2, -0.15) is 0 Å². The van der Waals surface area contributed by atoms with Gasteiger partial charge in [-0.05, 0) is 28.3 Å². The zero-order valence-corrected chi connectivity index (χ0v) is 7.84. The van der Waals surface area contributed by atoms with Gasteiger partial charge in [0.25, 0.3) is 0 Å². The molecule has 0 unspecified atom stereocenters. The fourth-order valence-electron chi connectivity index (χ4n) is 1.73. The molecule has 0 saturated carbocycles. The molecule has 0 radical (unpaired) electrons. The van der Waals surface area contributed by atoms with Crippen LogP contribution in [0, 0.1) is 0 Å². The van der Waals surface area contributed by atoms with Crippen LogP contribution in [0.1, 0.15) is 0 Å². The van der Waals surface area contributed by atoms with Crippen LogP contribution in [0.5, 0.6) is 0 Å². The summed E-state index contributed by atoms with van der Waals surface area (Å²) in [4.78, 5) is 0. The van der Waals surface area contributed by atoms with Crippen LogP contribution in [0.3, 0.4) is 0 Å². The molecule has 0 atom stereocenters. The maximum atomic E-state index is 2.20. The number of fused-ring (bicyclic) bond motifs is 3. The monoisotopic (exact) mass is 184 g/mol. The van der Waals surface area contributed by atoms with Crippen molar-refractivity contribution < 1.29 is 0 Å². The lowest BCUT2D eigenvalue weighted by molar-refractivity contribution is 1.81. The number of thiophene rings is 1. The van der Waals surface area contributed by atoms with E-state index in [4.69, 9.17) is 0 Å². The van der Waals surface area contributed by atoms with Crippen molar-refractivity contribution in [2.75, 3.05) is 0 Å². The molecule has 2 aromatic carbocycles. The lowest BCUT2D eigenvalue weighted by Crippen LogP contribution is -1.70. The summed E-state index contributed by atoms with van der Waals surface area (Å²) in [5.41, 5.74) is 0. The molecule has 0 spiro atoms. The first-order chi connectivity index (χ1) is 6.45. The zero-order valence-electron chi connectivity index (χ0n) is 7.03. The normalized spacial score (nSPS) is 11.1. The molecule has 0 aliphatic heterocycles. The maximum absolute atomic E-state index is 2.20. The molecule has 1 heteroatoms. The van der Waals surface area contributed by atoms with Gasteiger partial charge in [0, 0.05) is 10.1 Å². The molecular formula is C12H8S. The van der Waals surface area contributed by atoms with Gasteiger partial charge in [-0.3, -0.25) is 0 Å². The summed E-state index contributed by atoms with van der Waals surface area (Å²) in [7, 11) is 0. The van der Waals surface area contributed by atoms with Gasteiger partial charge in [0.2, 0.25) is 0 Å². The highest BCUT2D eigenvalue weighted by Gasteiger charge is 1.98. The van der Waals surface area contributed by atoms with Crippen LogP contribution < -0.4 is 0 Å². The summed E-state index contributed by atoms with van der Waals surface area (Å²) >= 11 is 1.80. The first kappa shape index (κ1) is 7.10. The second-order valence-corrected chi connectivity index (χ2v) is 4.07. The van der Waals surface area contributed by atoms with E-state index in [1.165, 1.54) is 20.9 Å². The topological polar surface area (TPSA) is 0 Å². The van der Waals surface area contributed by atoms with E-state index in [0.717, 1.165) is 0 Å². The molecule has 0 bridgehead atoms. The molecule has 0 fully saturated rings. The van der Waals surface area contributed by atoms with E-state index in [0.29, 0.717) is 0 Å². The Morgan fingerprint density at radius 2 is 1.69 bits per heavy atom. The van der Waals surface area contributed by atoms with Crippen LogP contribution in [0.4, 0.5) is 0 Å². The first-order valence-electron chi connectivity index (χ1n) is 4.30. The fraction of sp³-hybridized carbons (Fsp3) is 0. The highest BCUT2D eigenvalue weighted by molar-refractivity contribution is 7.17. The molecule has 0 saturated heterocycles. The van der Waals surface area contributed by atoms with E-state index in [1.807, 2.05) is 0 Å². The summed E-state index contributed by atoms with van der Waals surface area (Å²) in [6.07, 6.45) is 0. The van der Waals surface area contributed by atoms with Gasteiger partial charge in [0.1, 0.15) is 0 Å². The fourth-order valence-corrected chi connectivity index (χ4v) is 2.53. The molecule has 3 rings (SSSR count). The summed E-state index contributed by atoms with van der Waals surface area (Å²) in [6.45, 7) is 0. The van der Waals surface area contributed by atoms with Crippen molar-refractivity contribution >= 4 is 32.2 Å². The zero-order chi connectivity index (χ0) is 8.67. The van der Waals surface area contributed by atoms with E-state index in [-0.39, 0.29) is 0 Å². The Kier molecular flexibility index (Phi) is 1.41. The SMILES string of the molecule is c1ccc2c(c1)ccc1sccc12. The molecule has 0 amide bonds. The number of hydrogen-bond acceptors (Lipinski definition) is 1. The summed E-state index contributed by atoms with van der Waals surface area (Å²) in [5.74, 6) is 0. The molecular weight excluding hydrogens is 176 g/mol. The largest absolute Gasteiger partial charge is 0.144 e. The van der Waals surface area contributed by atoms with Crippen LogP contribution in [-0.2, 0) is 0 Å². The number of benzene rings is 2. The van der Waals surface area contributed by atoms with Crippen LogP contribution in [0.2, 0.25) is 0 Å². The quantitative estimate of drug-likeness (QED) is 0.494. The lowest BCUT2D eigenvalue weighted by Gasteiger charge is -1.97. The molecule has 1 aromatic heterocycles. The molecule has 13 heavy (non-hydrogen) atoms. The van der Waals surface area contributed by atoms with Crippen molar-refractivity contribution in [2.45, 2.75) is 0 Å². The van der Waals surface area contributed by atoms with Gasteiger partial charge < -0.3 is 0 Å². The Hall–Kier alpha value is -1.34. The Morgan fingerprint density at radius 1 is 0.769 bits per heavy atom. The second-order valence-electron chi connectivity index (χ2n) is 3.12. The number of hydrogen-bond donors (Lipinski definition) is 0. The molecule has 62 valence electrons. The van der Waals surface area contributed by atoms with Gasteiger partial charge >= 0.3 is 0 Å². The molecule has 0 aliphatic rings. The predicted molar refractivity (Wildman–Crippen MR) is 59.3 cm³/mol. The van der Waals surface area contributed by atoms with E-state index in [9.17, 15) is 0 Å². The van der Waals surface area contributed by atoms with E-state index < -0.39 is 0 Å². The van der Waals surface area contributed by atoms with Crippen LogP contribution in [-0.4, -0.2) is 0 Å². The van der Waals surface area contributed by atoms with Gasteiger partial charge in [0.15, 0.2) is 0 Å². The van der Waals surface area contributed by atoms with E-state index in [1.54, 1.807) is 11.3 Å². The number of rotatable bonds is 0. The Balaban J connectivity index is 2.65. The maximum Gasteiger partial charge on any atom is 0.0349 e. The van der Waals surface area contributed by atoms with Crippen molar-refractivity contribution in [2.24, 2.45) is 0 Å². The van der Waals surface area contributed by atoms with Crippen molar-refractivity contribution in [3.8, 4) is 0 Å². The average molecular weight is 184 g/mol. The minimum Gasteiger partial charge on any atom is -0.144 e. The smallest absolute Gasteiger partial charge is 0.0349 e. The van der Waals surface area contributed by atoms with E-state index >= 15 is 0 Å². The molecule has 0 aliphatic carbocycles. The average Bonchev–Trinajstić information content (AvgIpc) is 2.65. The minimum atomic E-state index is 1.33. The van der Waals surface area contributed by atoms with Crippen molar-refractivity contribution in [1.82, 2.24) is 0 Å². The Bertz CT molecular complexity index is 563. The third kappa shape index (κ3) is 0.973. The second kappa shape index (κ2) is 2.57. The Morgan fingerprint density at radius 3 is 2.69 bits per heavy atom. The molecule has 0 N–H and O–H groups in total. The predicted octanol–water partition coefficient (Wildman–Crippen LogP) is 4.05. The summed E-state index contributed by atoms with van der Waals surface area (Å²) in [6, 6.07) is 15.1. The van der Waals surface area contributed by atoms with Crippen molar-refractivity contribution in [3.05, 3.63) is 47.8 Å². The van der Waals surface area contributed by atoms with E-state index in [2.05, 4.69) is 47.8 Å². The summed E-state index contributed by atoms with van der Waals surface area (Å²) < 4.78 is 1.37. The summed E-state index contributed by atoms with van der Waals surface area (Å²) in [5, 5.41) is 6.22. The lowest BCUT2D eigenvalue weighted by atomic mass is 10.1. The first-order valence-corrected chi connectivity index (χ1v) is 5.18. The highest BCUT2D eigenvalue weighted by Crippen LogP contribution is 2.28. The molecule has 0 nitrogen and oxygen atoms in total. The van der Waals surface area contributed by atoms with Crippen LogP contribution >= 0.6 is 11.3 Å². The third-order valence-electron chi connectivity index (χ3n) is 2.36. The molecule has 1 heterocycles. The van der Waals surface area contributed by atoms with Crippen LogP contribution in [0.25, 0.3) is 20.9 Å². The Labute approximate surface area is 80.4 Å². The van der Waals surface area contributed by atoms with Gasteiger partial charge in [-0.25, -0.2) is 0 Å². The standard InChI is InChI=1S/C12H8S/c1-2-4-10-9(3-1)5-6-12-11(10)7-8-13-12/h1-8H. The van der Waals surface area contributed by atoms with Crippen molar-refractivity contribution in [1.29, 1.82) is 0 Å². The van der Waals surface area contributed by atoms with Gasteiger partial charge in [-0.1, -0.05) is 30.3 Å². The van der Waals surface area contributed by atoms with Crippen molar-refractivity contribution in [3.63, 3.8) is 0 Å². The van der Waals surface area contributed by atoms with Gasteiger partial charge in [-0.15, -0.1) is 11.3 Å². The minimum absolute atomic E-state index is 1.33. The molecule has 3 aromatic rings. The van der Waals surface area contributed by atoms with Gasteiger partial charge in [0.05, 0.1) is 0 Å². The van der Waals surface area contributed by atoms with Crippen LogP contribution in [0.15, 0.2) is 47.8 Å². The third-order valence-corrected chi connectivity index (χ3v) is 3.24. The highest BCUT2D eigenvalue weighted by atomic mass is 32.1.